The van der Waals surface area contributed by atoms with Crippen molar-refractivity contribution in [3.63, 3.8) is 0 Å². The average molecular weight is 246 g/mol. The lowest BCUT2D eigenvalue weighted by atomic mass is 10.4. The van der Waals surface area contributed by atoms with E-state index < -0.39 is 15.8 Å². The van der Waals surface area contributed by atoms with Crippen LogP contribution in [0, 0.1) is 5.82 Å². The van der Waals surface area contributed by atoms with E-state index in [0.29, 0.717) is 0 Å². The van der Waals surface area contributed by atoms with Gasteiger partial charge < -0.3 is 5.73 Å². The molecule has 0 fully saturated rings. The first-order valence-corrected chi connectivity index (χ1v) is 6.25. The summed E-state index contributed by atoms with van der Waals surface area (Å²) in [4.78, 5) is 0.0667. The van der Waals surface area contributed by atoms with E-state index in [2.05, 4.69) is 0 Å². The van der Waals surface area contributed by atoms with E-state index in [1.807, 2.05) is 0 Å². The predicted molar refractivity (Wildman–Crippen MR) is 59.9 cm³/mol. The first kappa shape index (κ1) is 13.1. The Labute approximate surface area is 94.9 Å². The van der Waals surface area contributed by atoms with Crippen molar-refractivity contribution in [1.29, 1.82) is 0 Å². The number of halogens is 1. The van der Waals surface area contributed by atoms with Gasteiger partial charge in [-0.2, -0.15) is 4.31 Å². The molecule has 0 heterocycles. The fourth-order valence-electron chi connectivity index (χ4n) is 1.29. The quantitative estimate of drug-likeness (QED) is 0.854. The fraction of sp³-hybridized carbons (Fsp3) is 0.400. The number of likely N-dealkylation sites (N-methyl/N-ethyl adjacent to an activating group) is 1. The lowest BCUT2D eigenvalue weighted by Gasteiger charge is -2.18. The zero-order chi connectivity index (χ0) is 12.3. The maximum Gasteiger partial charge on any atom is 0.242 e. The molecule has 1 unspecified atom stereocenters. The molecule has 6 heteroatoms. The van der Waals surface area contributed by atoms with Gasteiger partial charge in [-0.05, 0) is 31.2 Å². The minimum absolute atomic E-state index is 0.0667. The molecule has 1 atom stereocenters. The van der Waals surface area contributed by atoms with Crippen LogP contribution in [-0.2, 0) is 10.0 Å². The van der Waals surface area contributed by atoms with Crippen molar-refractivity contribution < 1.29 is 12.8 Å². The maximum atomic E-state index is 12.7. The molecule has 0 saturated heterocycles. The smallest absolute Gasteiger partial charge is 0.242 e. The van der Waals surface area contributed by atoms with Gasteiger partial charge in [-0.1, -0.05) is 0 Å². The van der Waals surface area contributed by atoms with E-state index >= 15 is 0 Å². The standard InChI is InChI=1S/C10H15FN2O2S/c1-8(12)7-13(2)16(14,15)10-5-3-9(11)4-6-10/h3-6,8H,7,12H2,1-2H3. The summed E-state index contributed by atoms with van der Waals surface area (Å²) in [6.45, 7) is 1.94. The Morgan fingerprint density at radius 1 is 1.38 bits per heavy atom. The highest BCUT2D eigenvalue weighted by atomic mass is 32.2. The van der Waals surface area contributed by atoms with Gasteiger partial charge in [-0.25, -0.2) is 12.8 Å². The van der Waals surface area contributed by atoms with E-state index in [4.69, 9.17) is 5.73 Å². The molecule has 1 aromatic carbocycles. The van der Waals surface area contributed by atoms with Crippen LogP contribution in [0.25, 0.3) is 0 Å². The van der Waals surface area contributed by atoms with Crippen LogP contribution in [0.1, 0.15) is 6.92 Å². The second-order valence-corrected chi connectivity index (χ2v) is 5.76. The Morgan fingerprint density at radius 2 is 1.88 bits per heavy atom. The van der Waals surface area contributed by atoms with Gasteiger partial charge in [-0.3, -0.25) is 0 Å². The van der Waals surface area contributed by atoms with Crippen molar-refractivity contribution in [3.05, 3.63) is 30.1 Å². The molecule has 1 aromatic rings. The second kappa shape index (κ2) is 4.90. The van der Waals surface area contributed by atoms with Crippen molar-refractivity contribution in [2.75, 3.05) is 13.6 Å². The first-order chi connectivity index (χ1) is 7.34. The van der Waals surface area contributed by atoms with Crippen LogP contribution in [0.4, 0.5) is 4.39 Å². The molecule has 0 amide bonds. The average Bonchev–Trinajstić information content (AvgIpc) is 2.17. The first-order valence-electron chi connectivity index (χ1n) is 4.81. The zero-order valence-corrected chi connectivity index (χ0v) is 10.0. The van der Waals surface area contributed by atoms with E-state index in [-0.39, 0.29) is 17.5 Å². The van der Waals surface area contributed by atoms with Crippen LogP contribution in [0.5, 0.6) is 0 Å². The summed E-state index contributed by atoms with van der Waals surface area (Å²) in [6.07, 6.45) is 0. The molecule has 0 aliphatic carbocycles. The summed E-state index contributed by atoms with van der Waals surface area (Å²) >= 11 is 0. The zero-order valence-electron chi connectivity index (χ0n) is 9.22. The Morgan fingerprint density at radius 3 is 2.31 bits per heavy atom. The minimum Gasteiger partial charge on any atom is -0.327 e. The number of sulfonamides is 1. The molecule has 0 aliphatic rings. The number of rotatable bonds is 4. The molecular formula is C10H15FN2O2S. The van der Waals surface area contributed by atoms with Crippen LogP contribution >= 0.6 is 0 Å². The van der Waals surface area contributed by atoms with Crippen molar-refractivity contribution in [2.24, 2.45) is 5.73 Å². The molecule has 0 aromatic heterocycles. The summed E-state index contributed by atoms with van der Waals surface area (Å²) < 4.78 is 37.7. The molecule has 90 valence electrons. The second-order valence-electron chi connectivity index (χ2n) is 3.72. The van der Waals surface area contributed by atoms with Gasteiger partial charge in [0.1, 0.15) is 5.82 Å². The van der Waals surface area contributed by atoms with Crippen LogP contribution in [-0.4, -0.2) is 32.4 Å². The van der Waals surface area contributed by atoms with E-state index in [9.17, 15) is 12.8 Å². The van der Waals surface area contributed by atoms with Crippen molar-refractivity contribution in [2.45, 2.75) is 17.9 Å². The highest BCUT2D eigenvalue weighted by molar-refractivity contribution is 7.89. The van der Waals surface area contributed by atoms with Crippen molar-refractivity contribution in [1.82, 2.24) is 4.31 Å². The lowest BCUT2D eigenvalue weighted by Crippen LogP contribution is -2.36. The molecule has 0 radical (unpaired) electrons. The van der Waals surface area contributed by atoms with Gasteiger partial charge >= 0.3 is 0 Å². The molecule has 2 N–H and O–H groups in total. The van der Waals surface area contributed by atoms with Gasteiger partial charge in [0.2, 0.25) is 10.0 Å². The summed E-state index contributed by atoms with van der Waals surface area (Å²) in [5, 5.41) is 0. The topological polar surface area (TPSA) is 63.4 Å². The Hall–Kier alpha value is -0.980. The van der Waals surface area contributed by atoms with Gasteiger partial charge in [0.05, 0.1) is 4.90 Å². The molecular weight excluding hydrogens is 231 g/mol. The third-order valence-corrected chi connectivity index (χ3v) is 3.90. The summed E-state index contributed by atoms with van der Waals surface area (Å²) in [5.74, 6) is -0.464. The molecule has 0 bridgehead atoms. The summed E-state index contributed by atoms with van der Waals surface area (Å²) in [7, 11) is -2.12. The maximum absolute atomic E-state index is 12.7. The Bertz CT molecular complexity index is 442. The molecule has 0 aliphatic heterocycles. The van der Waals surface area contributed by atoms with E-state index in [1.165, 1.54) is 19.2 Å². The van der Waals surface area contributed by atoms with Crippen molar-refractivity contribution >= 4 is 10.0 Å². The third kappa shape index (κ3) is 3.01. The molecule has 0 saturated carbocycles. The fourth-order valence-corrected chi connectivity index (χ4v) is 2.56. The Kier molecular flexibility index (Phi) is 4.01. The molecule has 1 rings (SSSR count). The molecule has 16 heavy (non-hydrogen) atoms. The lowest BCUT2D eigenvalue weighted by molar-refractivity contribution is 0.445. The van der Waals surface area contributed by atoms with Gasteiger partial charge in [0, 0.05) is 19.6 Å². The van der Waals surface area contributed by atoms with Crippen LogP contribution < -0.4 is 5.73 Å². The predicted octanol–water partition coefficient (Wildman–Crippen LogP) is 0.793. The summed E-state index contributed by atoms with van der Waals surface area (Å²) in [6, 6.07) is 4.46. The van der Waals surface area contributed by atoms with E-state index in [0.717, 1.165) is 16.4 Å². The summed E-state index contributed by atoms with van der Waals surface area (Å²) in [5.41, 5.74) is 5.53. The number of hydrogen-bond donors (Lipinski definition) is 1. The highest BCUT2D eigenvalue weighted by Crippen LogP contribution is 2.14. The number of benzene rings is 1. The Balaban J connectivity index is 2.97. The number of nitrogens with two attached hydrogens (primary N) is 1. The largest absolute Gasteiger partial charge is 0.327 e. The molecule has 4 nitrogen and oxygen atoms in total. The van der Waals surface area contributed by atoms with Crippen molar-refractivity contribution in [3.8, 4) is 0 Å². The molecule has 0 spiro atoms. The van der Waals surface area contributed by atoms with Crippen LogP contribution in [0.3, 0.4) is 0 Å². The van der Waals surface area contributed by atoms with Gasteiger partial charge in [0.25, 0.3) is 0 Å². The third-order valence-electron chi connectivity index (χ3n) is 2.07. The van der Waals surface area contributed by atoms with Gasteiger partial charge in [-0.15, -0.1) is 0 Å². The minimum atomic E-state index is -3.56. The van der Waals surface area contributed by atoms with Crippen LogP contribution in [0.15, 0.2) is 29.2 Å². The van der Waals surface area contributed by atoms with Crippen LogP contribution in [0.2, 0.25) is 0 Å². The van der Waals surface area contributed by atoms with Gasteiger partial charge in [0.15, 0.2) is 0 Å². The monoisotopic (exact) mass is 246 g/mol. The number of hydrogen-bond acceptors (Lipinski definition) is 3. The van der Waals surface area contributed by atoms with E-state index in [1.54, 1.807) is 6.92 Å². The normalized spacial score (nSPS) is 14.1. The highest BCUT2D eigenvalue weighted by Gasteiger charge is 2.21. The SMILES string of the molecule is CC(N)CN(C)S(=O)(=O)c1ccc(F)cc1. The number of nitrogens with zero attached hydrogens (tertiary/aromatic N) is 1.